The van der Waals surface area contributed by atoms with E-state index in [0.717, 1.165) is 32.8 Å². The van der Waals surface area contributed by atoms with Crippen LogP contribution in [-0.2, 0) is 11.3 Å². The van der Waals surface area contributed by atoms with Crippen molar-refractivity contribution in [2.24, 2.45) is 0 Å². The van der Waals surface area contributed by atoms with Gasteiger partial charge < -0.3 is 9.94 Å². The summed E-state index contributed by atoms with van der Waals surface area (Å²) in [5.41, 5.74) is 0.532. The van der Waals surface area contributed by atoms with Crippen LogP contribution in [0.2, 0.25) is 0 Å². The predicted molar refractivity (Wildman–Crippen MR) is 59.3 cm³/mol. The van der Waals surface area contributed by atoms with Crippen LogP contribution in [0.25, 0.3) is 0 Å². The molecule has 0 aromatic carbocycles. The van der Waals surface area contributed by atoms with Crippen molar-refractivity contribution in [3.8, 4) is 0 Å². The molecular formula is C10H17N4O3+. The minimum atomic E-state index is -0.123. The van der Waals surface area contributed by atoms with Crippen molar-refractivity contribution < 1.29 is 14.9 Å². The van der Waals surface area contributed by atoms with Crippen molar-refractivity contribution in [2.75, 3.05) is 32.8 Å². The van der Waals surface area contributed by atoms with Gasteiger partial charge in [0, 0.05) is 19.6 Å². The first-order chi connectivity index (χ1) is 8.18. The number of rotatable bonds is 4. The lowest BCUT2D eigenvalue weighted by Crippen LogP contribution is -2.38. The maximum absolute atomic E-state index is 11.0. The molecule has 0 unspecified atom stereocenters. The van der Waals surface area contributed by atoms with Crippen LogP contribution in [0, 0.1) is 11.8 Å². The minimum absolute atomic E-state index is 0.123. The van der Waals surface area contributed by atoms with E-state index in [1.165, 1.54) is 0 Å². The molecule has 0 bridgehead atoms. The molecule has 94 valence electrons. The lowest BCUT2D eigenvalue weighted by atomic mass is 10.4. The smallest absolute Gasteiger partial charge is 0.379 e. The zero-order valence-corrected chi connectivity index (χ0v) is 9.87. The molecule has 1 N–H and O–H groups in total. The molecule has 1 fully saturated rings. The van der Waals surface area contributed by atoms with Crippen LogP contribution in [0.4, 0.5) is 5.82 Å². The van der Waals surface area contributed by atoms with Gasteiger partial charge in [0.25, 0.3) is 0 Å². The van der Waals surface area contributed by atoms with Gasteiger partial charge in [-0.15, -0.1) is 0 Å². The van der Waals surface area contributed by atoms with Crippen molar-refractivity contribution in [3.05, 3.63) is 16.9 Å². The Hall–Kier alpha value is -1.47. The number of aromatic nitrogens is 2. The zero-order valence-electron chi connectivity index (χ0n) is 9.87. The molecule has 0 radical (unpaired) electrons. The first-order valence-electron chi connectivity index (χ1n) is 5.66. The minimum Gasteiger partial charge on any atom is -0.379 e. The summed E-state index contributed by atoms with van der Waals surface area (Å²) >= 11 is 0. The molecule has 1 saturated heterocycles. The zero-order chi connectivity index (χ0) is 12.3. The molecule has 0 saturated carbocycles. The summed E-state index contributed by atoms with van der Waals surface area (Å²) in [5, 5.41) is 8.99. The van der Waals surface area contributed by atoms with Gasteiger partial charge in [-0.05, 0) is 11.8 Å². The average Bonchev–Trinajstić information content (AvgIpc) is 2.69. The van der Waals surface area contributed by atoms with Gasteiger partial charge in [-0.25, -0.2) is 9.55 Å². The Balaban J connectivity index is 1.96. The van der Waals surface area contributed by atoms with Crippen molar-refractivity contribution in [3.63, 3.8) is 0 Å². The molecule has 1 aromatic heterocycles. The summed E-state index contributed by atoms with van der Waals surface area (Å²) in [4.78, 5) is 17.1. The Morgan fingerprint density at radius 1 is 1.47 bits per heavy atom. The fourth-order valence-electron chi connectivity index (χ4n) is 1.96. The van der Waals surface area contributed by atoms with Crippen LogP contribution >= 0.6 is 0 Å². The molecular weight excluding hydrogens is 224 g/mol. The highest BCUT2D eigenvalue weighted by atomic mass is 16.6. The lowest BCUT2D eigenvalue weighted by molar-refractivity contribution is -0.733. The van der Waals surface area contributed by atoms with Gasteiger partial charge in [0.15, 0.2) is 11.3 Å². The molecule has 0 spiro atoms. The van der Waals surface area contributed by atoms with Gasteiger partial charge >= 0.3 is 5.82 Å². The van der Waals surface area contributed by atoms with Crippen LogP contribution in [0.5, 0.6) is 0 Å². The molecule has 1 aromatic rings. The molecule has 0 atom stereocenters. The summed E-state index contributed by atoms with van der Waals surface area (Å²) < 4.78 is 6.92. The van der Waals surface area contributed by atoms with Gasteiger partial charge in [-0.1, -0.05) is 0 Å². The Kier molecular flexibility index (Phi) is 3.70. The highest BCUT2D eigenvalue weighted by molar-refractivity contribution is 5.25. The largest absolute Gasteiger partial charge is 0.390 e. The fraction of sp³-hybridized carbons (Fsp3) is 0.700. The number of nitrogens with zero attached hydrogens (tertiary/aromatic N) is 4. The van der Waals surface area contributed by atoms with E-state index in [4.69, 9.17) is 9.94 Å². The monoisotopic (exact) mass is 241 g/mol. The van der Waals surface area contributed by atoms with E-state index in [0.29, 0.717) is 12.2 Å². The maximum Gasteiger partial charge on any atom is 0.390 e. The Morgan fingerprint density at radius 2 is 2.18 bits per heavy atom. The molecule has 1 aliphatic heterocycles. The average molecular weight is 241 g/mol. The molecule has 1 aliphatic rings. The van der Waals surface area contributed by atoms with Gasteiger partial charge in [0.05, 0.1) is 13.2 Å². The summed E-state index contributed by atoms with van der Waals surface area (Å²) in [6.07, 6.45) is 1.58. The van der Waals surface area contributed by atoms with E-state index in [1.54, 1.807) is 17.8 Å². The second kappa shape index (κ2) is 5.24. The summed E-state index contributed by atoms with van der Waals surface area (Å²) in [5.74, 6) is 0.207. The van der Waals surface area contributed by atoms with Crippen LogP contribution in [0.1, 0.15) is 5.69 Å². The van der Waals surface area contributed by atoms with Gasteiger partial charge in [-0.2, -0.15) is 0 Å². The third-order valence-electron chi connectivity index (χ3n) is 2.93. The topological polar surface area (TPSA) is 70.6 Å². The lowest BCUT2D eigenvalue weighted by Gasteiger charge is -2.25. The van der Waals surface area contributed by atoms with Crippen LogP contribution < -0.4 is 0 Å². The summed E-state index contributed by atoms with van der Waals surface area (Å²) in [6.45, 7) is 6.47. The second-order valence-electron chi connectivity index (χ2n) is 4.07. The van der Waals surface area contributed by atoms with Gasteiger partial charge in [0.2, 0.25) is 0 Å². The number of imidazole rings is 1. The second-order valence-corrected chi connectivity index (χ2v) is 4.07. The van der Waals surface area contributed by atoms with Crippen LogP contribution in [0.3, 0.4) is 0 Å². The molecule has 0 amide bonds. The highest BCUT2D eigenvalue weighted by Gasteiger charge is 2.23. The molecule has 7 heteroatoms. The Bertz CT molecular complexity index is 398. The summed E-state index contributed by atoms with van der Waals surface area (Å²) in [7, 11) is 0. The number of hydrogen-bond acceptors (Lipinski definition) is 4. The van der Waals surface area contributed by atoms with E-state index in [-0.39, 0.29) is 10.7 Å². The van der Waals surface area contributed by atoms with E-state index in [2.05, 4.69) is 9.88 Å². The highest BCUT2D eigenvalue weighted by Crippen LogP contribution is 2.15. The number of hydrogen-bond donors (Lipinski definition) is 1. The number of ether oxygens (including phenoxy) is 1. The Labute approximate surface area is 99.1 Å². The maximum atomic E-state index is 11.0. The molecule has 2 heterocycles. The SMILES string of the molecule is Cc1ncn(CCN2CCOCC2)c1[N+](=O)O. The van der Waals surface area contributed by atoms with Crippen molar-refractivity contribution in [2.45, 2.75) is 13.5 Å². The molecule has 7 nitrogen and oxygen atoms in total. The standard InChI is InChI=1S/C10H17N4O3/c1-9-10(14(15)16)13(8-11-9)3-2-12-4-6-17-7-5-12/h8H,2-7H2,1H3,(H,15,16)/q+1. The normalized spacial score (nSPS) is 17.2. The van der Waals surface area contributed by atoms with Crippen LogP contribution in [-0.4, -0.2) is 57.4 Å². The first kappa shape index (κ1) is 12.0. The van der Waals surface area contributed by atoms with Crippen molar-refractivity contribution in [1.82, 2.24) is 14.5 Å². The van der Waals surface area contributed by atoms with E-state index < -0.39 is 0 Å². The van der Waals surface area contributed by atoms with Crippen LogP contribution in [0.15, 0.2) is 6.33 Å². The predicted octanol–water partition coefficient (Wildman–Crippen LogP) is 0.323. The third-order valence-corrected chi connectivity index (χ3v) is 2.93. The molecule has 2 rings (SSSR count). The summed E-state index contributed by atoms with van der Waals surface area (Å²) in [6, 6.07) is 0. The number of aryl methyl sites for hydroxylation is 1. The van der Waals surface area contributed by atoms with Crippen molar-refractivity contribution >= 4 is 5.82 Å². The molecule has 0 aliphatic carbocycles. The number of morpholine rings is 1. The van der Waals surface area contributed by atoms with E-state index >= 15 is 0 Å². The van der Waals surface area contributed by atoms with Gasteiger partial charge in [-0.3, -0.25) is 4.90 Å². The van der Waals surface area contributed by atoms with E-state index in [9.17, 15) is 4.91 Å². The molecule has 17 heavy (non-hydrogen) atoms. The Morgan fingerprint density at radius 3 is 2.82 bits per heavy atom. The van der Waals surface area contributed by atoms with Gasteiger partial charge in [0.1, 0.15) is 12.2 Å². The van der Waals surface area contributed by atoms with Crippen molar-refractivity contribution in [1.29, 1.82) is 0 Å². The third kappa shape index (κ3) is 2.80. The first-order valence-corrected chi connectivity index (χ1v) is 5.66. The van der Waals surface area contributed by atoms with E-state index in [1.807, 2.05) is 0 Å². The quantitative estimate of drug-likeness (QED) is 0.769. The fourth-order valence-corrected chi connectivity index (χ4v) is 1.96.